The van der Waals surface area contributed by atoms with Crippen LogP contribution in [0.1, 0.15) is 71.8 Å². The number of fused-ring (bicyclic) bond motifs is 1. The van der Waals surface area contributed by atoms with E-state index in [2.05, 4.69) is 10.6 Å². The van der Waals surface area contributed by atoms with E-state index in [-0.39, 0.29) is 24.3 Å². The molecule has 2 unspecified atom stereocenters. The molecule has 3 fully saturated rings. The fourth-order valence-electron chi connectivity index (χ4n) is 6.45. The van der Waals surface area contributed by atoms with Crippen molar-refractivity contribution in [2.75, 3.05) is 13.2 Å². The minimum absolute atomic E-state index is 0.149. The number of amides is 3. The van der Waals surface area contributed by atoms with Crippen LogP contribution >= 0.6 is 0 Å². The van der Waals surface area contributed by atoms with Crippen LogP contribution < -0.4 is 10.6 Å². The number of aliphatic hydroxyl groups excluding tert-OH is 1. The van der Waals surface area contributed by atoms with Gasteiger partial charge in [-0.2, -0.15) is 0 Å². The molecule has 3 saturated heterocycles. The second-order valence-corrected chi connectivity index (χ2v) is 11.8. The maximum absolute atomic E-state index is 13.9. The maximum Gasteiger partial charge on any atom is 0.246 e. The normalized spacial score (nSPS) is 31.0. The Labute approximate surface area is 214 Å². The smallest absolute Gasteiger partial charge is 0.246 e. The van der Waals surface area contributed by atoms with Crippen molar-refractivity contribution < 1.29 is 24.2 Å². The van der Waals surface area contributed by atoms with E-state index in [1.807, 2.05) is 58.0 Å². The number of hydrogen-bond acceptors (Lipinski definition) is 5. The molecule has 0 aliphatic carbocycles. The Morgan fingerprint density at radius 3 is 2.44 bits per heavy atom. The minimum Gasteiger partial charge on any atom is -0.396 e. The van der Waals surface area contributed by atoms with Crippen LogP contribution in [0.5, 0.6) is 0 Å². The van der Waals surface area contributed by atoms with Gasteiger partial charge in [0.1, 0.15) is 11.6 Å². The van der Waals surface area contributed by atoms with Crippen molar-refractivity contribution in [3.63, 3.8) is 0 Å². The van der Waals surface area contributed by atoms with E-state index in [0.29, 0.717) is 25.9 Å². The Bertz CT molecular complexity index is 977. The molecule has 1 aromatic rings. The highest BCUT2D eigenvalue weighted by molar-refractivity contribution is 5.99. The van der Waals surface area contributed by atoms with Gasteiger partial charge in [0.05, 0.1) is 17.4 Å². The van der Waals surface area contributed by atoms with Gasteiger partial charge in [-0.3, -0.25) is 14.4 Å². The van der Waals surface area contributed by atoms with Crippen LogP contribution in [-0.2, 0) is 25.7 Å². The summed E-state index contributed by atoms with van der Waals surface area (Å²) in [5, 5.41) is 15.2. The Morgan fingerprint density at radius 1 is 1.08 bits per heavy atom. The first kappa shape index (κ1) is 26.6. The van der Waals surface area contributed by atoms with Crippen molar-refractivity contribution in [2.24, 2.45) is 11.8 Å². The summed E-state index contributed by atoms with van der Waals surface area (Å²) in [6.07, 6.45) is 4.38. The van der Waals surface area contributed by atoms with Crippen molar-refractivity contribution in [2.45, 2.75) is 95.5 Å². The van der Waals surface area contributed by atoms with E-state index < -0.39 is 34.6 Å². The maximum atomic E-state index is 13.9. The van der Waals surface area contributed by atoms with Crippen molar-refractivity contribution >= 4 is 17.7 Å². The summed E-state index contributed by atoms with van der Waals surface area (Å²) in [5.41, 5.74) is -1.26. The SMILES string of the molecule is CC(C)(C)NC(=O)C1N(CCCCCCO)C(=O)[C@@H]2[C@@H](C(=O)NCc3ccccc3)[C@@]3(C)CCC12O3. The molecule has 3 aliphatic heterocycles. The monoisotopic (exact) mass is 499 g/mol. The number of carbonyl (C=O) groups is 3. The fraction of sp³-hybridized carbons (Fsp3) is 0.679. The number of hydrogen-bond donors (Lipinski definition) is 3. The standard InChI is InChI=1S/C28H41N3O5/c1-26(2,3)30-24(34)22-28-15-14-27(4,36-28)20(23(33)29-18-19-12-8-7-9-13-19)21(28)25(35)31(22)16-10-5-6-11-17-32/h7-9,12-13,20-22,32H,5-6,10-11,14-18H2,1-4H3,(H,29,33)(H,30,34)/t20-,21-,22?,27+,28?/m0/s1. The van der Waals surface area contributed by atoms with Crippen LogP contribution in [0, 0.1) is 11.8 Å². The van der Waals surface area contributed by atoms with Gasteiger partial charge in [0.2, 0.25) is 17.7 Å². The molecular weight excluding hydrogens is 458 g/mol. The first-order valence-electron chi connectivity index (χ1n) is 13.3. The summed E-state index contributed by atoms with van der Waals surface area (Å²) in [6.45, 7) is 8.64. The molecule has 8 heteroatoms. The van der Waals surface area contributed by atoms with Crippen LogP contribution in [-0.4, -0.2) is 63.7 Å². The summed E-state index contributed by atoms with van der Waals surface area (Å²) >= 11 is 0. The average Bonchev–Trinajstić information content (AvgIpc) is 3.38. The molecule has 1 aromatic carbocycles. The highest BCUT2D eigenvalue weighted by Crippen LogP contribution is 2.63. The lowest BCUT2D eigenvalue weighted by Gasteiger charge is -2.35. The molecule has 8 nitrogen and oxygen atoms in total. The van der Waals surface area contributed by atoms with Crippen molar-refractivity contribution in [1.29, 1.82) is 0 Å². The number of likely N-dealkylation sites (tertiary alicyclic amines) is 1. The third-order valence-corrected chi connectivity index (χ3v) is 7.92. The number of unbranched alkanes of at least 4 members (excludes halogenated alkanes) is 3. The van der Waals surface area contributed by atoms with E-state index in [9.17, 15) is 14.4 Å². The minimum atomic E-state index is -0.999. The summed E-state index contributed by atoms with van der Waals surface area (Å²) in [6, 6.07) is 8.92. The van der Waals surface area contributed by atoms with Crippen molar-refractivity contribution in [3.05, 3.63) is 35.9 Å². The van der Waals surface area contributed by atoms with E-state index in [4.69, 9.17) is 9.84 Å². The Morgan fingerprint density at radius 2 is 1.78 bits per heavy atom. The molecule has 0 radical (unpaired) electrons. The molecule has 198 valence electrons. The molecule has 3 heterocycles. The Kier molecular flexibility index (Phi) is 7.49. The summed E-state index contributed by atoms with van der Waals surface area (Å²) < 4.78 is 6.63. The zero-order valence-electron chi connectivity index (χ0n) is 22.0. The zero-order chi connectivity index (χ0) is 26.1. The lowest BCUT2D eigenvalue weighted by atomic mass is 9.66. The number of nitrogens with zero attached hydrogens (tertiary/aromatic N) is 1. The lowest BCUT2D eigenvalue weighted by molar-refractivity contribution is -0.146. The van der Waals surface area contributed by atoms with Crippen LogP contribution in [0.2, 0.25) is 0 Å². The summed E-state index contributed by atoms with van der Waals surface area (Å²) in [7, 11) is 0. The van der Waals surface area contributed by atoms with E-state index in [1.54, 1.807) is 4.90 Å². The first-order valence-corrected chi connectivity index (χ1v) is 13.3. The van der Waals surface area contributed by atoms with Crippen LogP contribution in [0.3, 0.4) is 0 Å². The molecule has 0 saturated carbocycles. The Hall–Kier alpha value is -2.45. The molecule has 36 heavy (non-hydrogen) atoms. The molecule has 4 rings (SSSR count). The highest BCUT2D eigenvalue weighted by atomic mass is 16.5. The largest absolute Gasteiger partial charge is 0.396 e. The summed E-state index contributed by atoms with van der Waals surface area (Å²) in [5.74, 6) is -1.90. The highest BCUT2D eigenvalue weighted by Gasteiger charge is 2.77. The number of rotatable bonds is 10. The third-order valence-electron chi connectivity index (χ3n) is 7.92. The van der Waals surface area contributed by atoms with Crippen LogP contribution in [0.4, 0.5) is 0 Å². The van der Waals surface area contributed by atoms with E-state index in [0.717, 1.165) is 31.2 Å². The van der Waals surface area contributed by atoms with Gasteiger partial charge >= 0.3 is 0 Å². The quantitative estimate of drug-likeness (QED) is 0.429. The number of nitrogens with one attached hydrogen (secondary N) is 2. The average molecular weight is 500 g/mol. The van der Waals surface area contributed by atoms with E-state index in [1.165, 1.54) is 0 Å². The number of aliphatic hydroxyl groups is 1. The van der Waals surface area contributed by atoms with Crippen molar-refractivity contribution in [3.8, 4) is 0 Å². The fourth-order valence-corrected chi connectivity index (χ4v) is 6.45. The Balaban J connectivity index is 1.59. The third kappa shape index (κ3) is 4.90. The number of carbonyl (C=O) groups excluding carboxylic acids is 3. The van der Waals surface area contributed by atoms with Gasteiger partial charge in [-0.15, -0.1) is 0 Å². The predicted molar refractivity (Wildman–Crippen MR) is 136 cm³/mol. The number of benzene rings is 1. The van der Waals surface area contributed by atoms with Gasteiger partial charge in [0.25, 0.3) is 0 Å². The molecule has 1 spiro atoms. The van der Waals surface area contributed by atoms with Gasteiger partial charge in [0.15, 0.2) is 0 Å². The van der Waals surface area contributed by atoms with Crippen LogP contribution in [0.25, 0.3) is 0 Å². The molecule has 3 amide bonds. The molecule has 3 N–H and O–H groups in total. The summed E-state index contributed by atoms with van der Waals surface area (Å²) in [4.78, 5) is 42.8. The number of ether oxygens (including phenoxy) is 1. The van der Waals surface area contributed by atoms with E-state index >= 15 is 0 Å². The van der Waals surface area contributed by atoms with Crippen LogP contribution in [0.15, 0.2) is 30.3 Å². The lowest BCUT2D eigenvalue weighted by Crippen LogP contribution is -2.58. The molecule has 3 aliphatic rings. The first-order chi connectivity index (χ1) is 17.0. The molecule has 5 atom stereocenters. The second-order valence-electron chi connectivity index (χ2n) is 11.8. The zero-order valence-corrected chi connectivity index (χ0v) is 22.0. The van der Waals surface area contributed by atoms with Gasteiger partial charge in [0, 0.05) is 25.2 Å². The predicted octanol–water partition coefficient (Wildman–Crippen LogP) is 2.53. The van der Waals surface area contributed by atoms with Gasteiger partial charge in [-0.05, 0) is 58.9 Å². The second kappa shape index (κ2) is 10.1. The van der Waals surface area contributed by atoms with Gasteiger partial charge in [-0.25, -0.2) is 0 Å². The van der Waals surface area contributed by atoms with Gasteiger partial charge < -0.3 is 25.4 Å². The molecule has 2 bridgehead atoms. The van der Waals surface area contributed by atoms with Crippen molar-refractivity contribution in [1.82, 2.24) is 15.5 Å². The molecule has 0 aromatic heterocycles. The molecular formula is C28H41N3O5. The topological polar surface area (TPSA) is 108 Å². The van der Waals surface area contributed by atoms with Gasteiger partial charge in [-0.1, -0.05) is 43.2 Å².